The van der Waals surface area contributed by atoms with E-state index in [1.54, 1.807) is 59.7 Å². The Hall–Kier alpha value is -4.08. The fourth-order valence-corrected chi connectivity index (χ4v) is 4.21. The van der Waals surface area contributed by atoms with Crippen LogP contribution in [0.5, 0.6) is 5.75 Å². The summed E-state index contributed by atoms with van der Waals surface area (Å²) in [6.45, 7) is 14.0. The van der Waals surface area contributed by atoms with Crippen LogP contribution in [0, 0.1) is 13.8 Å². The van der Waals surface area contributed by atoms with Gasteiger partial charge in [-0.2, -0.15) is 0 Å². The Bertz CT molecular complexity index is 1240. The third kappa shape index (κ3) is 9.81. The predicted octanol–water partition coefficient (Wildman–Crippen LogP) is 4.10. The van der Waals surface area contributed by atoms with Crippen LogP contribution in [0.15, 0.2) is 42.5 Å². The molecule has 2 aromatic carbocycles. The van der Waals surface area contributed by atoms with Crippen LogP contribution in [0.4, 0.5) is 4.79 Å². The highest BCUT2D eigenvalue weighted by Gasteiger charge is 2.42. The number of carbonyl (C=O) groups is 4. The SMILES string of the molecule is COC(=O)CNC(=O)C(c1ccc(C)c(C)c1)N(C(=O)C(Cc1ccc(O)cc1)NC(=O)OC(C)(C)C)C(C)(C)C. The summed E-state index contributed by atoms with van der Waals surface area (Å²) in [6.07, 6.45) is -0.727. The molecule has 0 spiro atoms. The fourth-order valence-electron chi connectivity index (χ4n) is 4.21. The molecule has 0 aliphatic carbocycles. The lowest BCUT2D eigenvalue weighted by Crippen LogP contribution is -2.59. The molecular formula is C31H43N3O7. The summed E-state index contributed by atoms with van der Waals surface area (Å²) < 4.78 is 10.1. The molecular weight excluding hydrogens is 526 g/mol. The highest BCUT2D eigenvalue weighted by Crippen LogP contribution is 2.31. The molecule has 41 heavy (non-hydrogen) atoms. The number of aryl methyl sites for hydroxylation is 2. The number of nitrogens with one attached hydrogen (secondary N) is 2. The predicted molar refractivity (Wildman–Crippen MR) is 155 cm³/mol. The van der Waals surface area contributed by atoms with Crippen LogP contribution in [0.25, 0.3) is 0 Å². The van der Waals surface area contributed by atoms with Gasteiger partial charge in [0.15, 0.2) is 0 Å². The highest BCUT2D eigenvalue weighted by molar-refractivity contribution is 5.93. The van der Waals surface area contributed by atoms with E-state index < -0.39 is 47.1 Å². The van der Waals surface area contributed by atoms with Crippen molar-refractivity contribution in [2.45, 2.75) is 85.0 Å². The monoisotopic (exact) mass is 569 g/mol. The van der Waals surface area contributed by atoms with E-state index in [2.05, 4.69) is 15.4 Å². The minimum atomic E-state index is -1.14. The number of amides is 3. The summed E-state index contributed by atoms with van der Waals surface area (Å²) in [6, 6.07) is 9.48. The van der Waals surface area contributed by atoms with Gasteiger partial charge in [0.1, 0.15) is 30.0 Å². The highest BCUT2D eigenvalue weighted by atomic mass is 16.6. The number of ether oxygens (including phenoxy) is 2. The molecule has 0 fully saturated rings. The molecule has 0 aromatic heterocycles. The van der Waals surface area contributed by atoms with E-state index in [1.807, 2.05) is 26.0 Å². The number of nitrogens with zero attached hydrogens (tertiary/aromatic N) is 1. The van der Waals surface area contributed by atoms with Gasteiger partial charge in [0.2, 0.25) is 11.8 Å². The second kappa shape index (κ2) is 13.5. The van der Waals surface area contributed by atoms with Crippen LogP contribution in [-0.4, -0.2) is 64.7 Å². The Morgan fingerprint density at radius 2 is 1.54 bits per heavy atom. The Balaban J connectivity index is 2.64. The average molecular weight is 570 g/mol. The van der Waals surface area contributed by atoms with Gasteiger partial charge in [-0.05, 0) is 89.8 Å². The first-order valence-electron chi connectivity index (χ1n) is 13.4. The lowest BCUT2D eigenvalue weighted by molar-refractivity contribution is -0.149. The van der Waals surface area contributed by atoms with E-state index in [9.17, 15) is 24.3 Å². The fraction of sp³-hybridized carbons (Fsp3) is 0.484. The molecule has 0 saturated heterocycles. The van der Waals surface area contributed by atoms with Crippen LogP contribution in [0.2, 0.25) is 0 Å². The van der Waals surface area contributed by atoms with Crippen molar-refractivity contribution in [3.05, 3.63) is 64.7 Å². The molecule has 10 heteroatoms. The van der Waals surface area contributed by atoms with Crippen molar-refractivity contribution in [3.8, 4) is 5.75 Å². The molecule has 0 aliphatic heterocycles. The van der Waals surface area contributed by atoms with E-state index in [1.165, 1.54) is 24.1 Å². The zero-order valence-electron chi connectivity index (χ0n) is 25.5. The number of benzene rings is 2. The first-order valence-corrected chi connectivity index (χ1v) is 13.4. The van der Waals surface area contributed by atoms with Gasteiger partial charge in [-0.15, -0.1) is 0 Å². The molecule has 10 nitrogen and oxygen atoms in total. The minimum absolute atomic E-state index is 0.0603. The van der Waals surface area contributed by atoms with Gasteiger partial charge in [-0.25, -0.2) is 4.79 Å². The molecule has 3 amide bonds. The number of methoxy groups -OCH3 is 1. The van der Waals surface area contributed by atoms with E-state index >= 15 is 0 Å². The maximum absolute atomic E-state index is 14.5. The Morgan fingerprint density at radius 3 is 2.05 bits per heavy atom. The normalized spacial score (nSPS) is 13.0. The topological polar surface area (TPSA) is 134 Å². The summed E-state index contributed by atoms with van der Waals surface area (Å²) in [5.74, 6) is -1.69. The lowest BCUT2D eigenvalue weighted by Gasteiger charge is -2.43. The zero-order valence-corrected chi connectivity index (χ0v) is 25.5. The molecule has 0 bridgehead atoms. The van der Waals surface area contributed by atoms with Gasteiger partial charge in [0.05, 0.1) is 7.11 Å². The van der Waals surface area contributed by atoms with Crippen molar-refractivity contribution in [2.75, 3.05) is 13.7 Å². The van der Waals surface area contributed by atoms with Crippen LogP contribution in [-0.2, 0) is 30.3 Å². The van der Waals surface area contributed by atoms with E-state index in [-0.39, 0.29) is 18.7 Å². The summed E-state index contributed by atoms with van der Waals surface area (Å²) in [4.78, 5) is 54.3. The second-order valence-corrected chi connectivity index (χ2v) is 12.0. The maximum Gasteiger partial charge on any atom is 0.408 e. The number of esters is 1. The minimum Gasteiger partial charge on any atom is -0.508 e. The Kier molecular flexibility index (Phi) is 10.9. The number of hydrogen-bond donors (Lipinski definition) is 3. The van der Waals surface area contributed by atoms with Crippen molar-refractivity contribution in [2.24, 2.45) is 0 Å². The number of aromatic hydroxyl groups is 1. The molecule has 0 radical (unpaired) electrons. The first-order chi connectivity index (χ1) is 18.9. The molecule has 2 atom stereocenters. The summed E-state index contributed by atoms with van der Waals surface area (Å²) >= 11 is 0. The molecule has 224 valence electrons. The third-order valence-corrected chi connectivity index (χ3v) is 6.31. The van der Waals surface area contributed by atoms with Crippen molar-refractivity contribution >= 4 is 23.9 Å². The molecule has 2 aromatic rings. The average Bonchev–Trinajstić information content (AvgIpc) is 2.86. The largest absolute Gasteiger partial charge is 0.508 e. The van der Waals surface area contributed by atoms with Crippen molar-refractivity contribution in [3.63, 3.8) is 0 Å². The van der Waals surface area contributed by atoms with Crippen LogP contribution < -0.4 is 10.6 Å². The zero-order chi connectivity index (χ0) is 31.1. The summed E-state index contributed by atoms with van der Waals surface area (Å²) in [5, 5.41) is 15.0. The number of alkyl carbamates (subject to hydrolysis) is 1. The van der Waals surface area contributed by atoms with Crippen LogP contribution in [0.3, 0.4) is 0 Å². The van der Waals surface area contributed by atoms with Gasteiger partial charge in [0.25, 0.3) is 0 Å². The van der Waals surface area contributed by atoms with Crippen molar-refractivity contribution in [1.29, 1.82) is 0 Å². The quantitative estimate of drug-likeness (QED) is 0.387. The van der Waals surface area contributed by atoms with Gasteiger partial charge in [-0.3, -0.25) is 14.4 Å². The first kappa shape index (κ1) is 33.1. The molecule has 2 unspecified atom stereocenters. The van der Waals surface area contributed by atoms with Crippen molar-refractivity contribution < 1.29 is 33.8 Å². The van der Waals surface area contributed by atoms with Crippen molar-refractivity contribution in [1.82, 2.24) is 15.5 Å². The molecule has 0 aliphatic rings. The lowest BCUT2D eigenvalue weighted by atomic mass is 9.92. The Morgan fingerprint density at radius 1 is 0.927 bits per heavy atom. The number of hydrogen-bond acceptors (Lipinski definition) is 7. The number of rotatable bonds is 9. The number of carbonyl (C=O) groups excluding carboxylic acids is 4. The summed E-state index contributed by atoms with van der Waals surface area (Å²) in [7, 11) is 1.22. The molecule has 3 N–H and O–H groups in total. The maximum atomic E-state index is 14.5. The van der Waals surface area contributed by atoms with Gasteiger partial charge in [-0.1, -0.05) is 30.3 Å². The van der Waals surface area contributed by atoms with Crippen LogP contribution in [0.1, 0.15) is 69.8 Å². The number of phenols is 1. The summed E-state index contributed by atoms with van der Waals surface area (Å²) in [5.41, 5.74) is 1.42. The molecule has 0 saturated carbocycles. The van der Waals surface area contributed by atoms with Crippen LogP contribution >= 0.6 is 0 Å². The van der Waals surface area contributed by atoms with E-state index in [0.29, 0.717) is 11.1 Å². The third-order valence-electron chi connectivity index (χ3n) is 6.31. The van der Waals surface area contributed by atoms with E-state index in [4.69, 9.17) is 4.74 Å². The number of phenolic OH excluding ortho intramolecular Hbond substituents is 1. The smallest absolute Gasteiger partial charge is 0.408 e. The van der Waals surface area contributed by atoms with Gasteiger partial charge < -0.3 is 30.1 Å². The molecule has 2 rings (SSSR count). The van der Waals surface area contributed by atoms with Gasteiger partial charge in [0, 0.05) is 12.0 Å². The second-order valence-electron chi connectivity index (χ2n) is 12.0. The standard InChI is InChI=1S/C31H43N3O7/c1-19-10-13-22(16-20(19)2)26(27(37)32-18-25(36)40-9)34(30(3,4)5)28(38)24(33-29(39)41-31(6,7)8)17-21-11-14-23(35)15-12-21/h10-16,24,26,35H,17-18H2,1-9H3,(H,32,37)(H,33,39). The Labute approximate surface area is 242 Å². The van der Waals surface area contributed by atoms with Gasteiger partial charge >= 0.3 is 12.1 Å². The van der Waals surface area contributed by atoms with E-state index in [0.717, 1.165) is 11.1 Å². The molecule has 0 heterocycles.